The minimum absolute atomic E-state index is 0.265. The summed E-state index contributed by atoms with van der Waals surface area (Å²) >= 11 is 0. The number of benzene rings is 2. The van der Waals surface area contributed by atoms with Crippen LogP contribution in [0.15, 0.2) is 71.3 Å². The molecule has 4 rings (SSSR count). The molecule has 0 aliphatic rings. The van der Waals surface area contributed by atoms with E-state index in [1.807, 2.05) is 37.3 Å². The number of nitrogens with zero attached hydrogens (tertiary/aromatic N) is 3. The van der Waals surface area contributed by atoms with E-state index in [1.54, 1.807) is 43.5 Å². The molecule has 4 aromatic rings. The molecule has 0 N–H and O–H groups in total. The lowest BCUT2D eigenvalue weighted by molar-refractivity contribution is 0.0527. The average Bonchev–Trinajstić information content (AvgIpc) is 3.25. The summed E-state index contributed by atoms with van der Waals surface area (Å²) < 4.78 is 16.8. The number of nitriles is 1. The summed E-state index contributed by atoms with van der Waals surface area (Å²) in [5.74, 6) is 1.30. The number of ether oxygens (including phenoxy) is 2. The van der Waals surface area contributed by atoms with Crippen LogP contribution >= 0.6 is 0 Å². The van der Waals surface area contributed by atoms with E-state index in [0.29, 0.717) is 47.1 Å². The van der Waals surface area contributed by atoms with E-state index in [2.05, 4.69) is 16.0 Å². The molecule has 0 unspecified atom stereocenters. The van der Waals surface area contributed by atoms with Crippen LogP contribution in [-0.2, 0) is 11.2 Å². The Kier molecular flexibility index (Phi) is 6.99. The zero-order valence-electron chi connectivity index (χ0n) is 18.9. The molecule has 7 nitrogen and oxygen atoms in total. The molecule has 0 bridgehead atoms. The Morgan fingerprint density at radius 2 is 1.91 bits per heavy atom. The molecule has 0 aliphatic carbocycles. The SMILES string of the molecule is CCOC(=O)c1cccnc1-c1ccc(OCCc2nc(-c3ccccc3)oc2C)c(C#N)c1. The fourth-order valence-electron chi connectivity index (χ4n) is 3.52. The van der Waals surface area contributed by atoms with Crippen LogP contribution in [-0.4, -0.2) is 29.2 Å². The first kappa shape index (κ1) is 22.7. The number of aromatic nitrogens is 2. The van der Waals surface area contributed by atoms with Gasteiger partial charge in [-0.3, -0.25) is 4.98 Å². The summed E-state index contributed by atoms with van der Waals surface area (Å²) in [6.07, 6.45) is 2.13. The number of esters is 1. The summed E-state index contributed by atoms with van der Waals surface area (Å²) in [7, 11) is 0. The normalized spacial score (nSPS) is 10.5. The number of rotatable bonds is 8. The van der Waals surface area contributed by atoms with E-state index >= 15 is 0 Å². The number of carbonyl (C=O) groups excluding carboxylic acids is 1. The Morgan fingerprint density at radius 1 is 1.09 bits per heavy atom. The van der Waals surface area contributed by atoms with Crippen molar-refractivity contribution in [3.63, 3.8) is 0 Å². The molecular weight excluding hydrogens is 430 g/mol. The van der Waals surface area contributed by atoms with Crippen LogP contribution in [0.1, 0.15) is 34.3 Å². The molecule has 0 spiro atoms. The molecule has 7 heteroatoms. The van der Waals surface area contributed by atoms with Crippen LogP contribution in [0.25, 0.3) is 22.7 Å². The Morgan fingerprint density at radius 3 is 2.68 bits per heavy atom. The zero-order chi connectivity index (χ0) is 23.9. The molecule has 170 valence electrons. The highest BCUT2D eigenvalue weighted by Crippen LogP contribution is 2.28. The van der Waals surface area contributed by atoms with Crippen molar-refractivity contribution in [2.45, 2.75) is 20.3 Å². The first-order chi connectivity index (χ1) is 16.6. The minimum atomic E-state index is -0.456. The van der Waals surface area contributed by atoms with Crippen LogP contribution in [0.4, 0.5) is 0 Å². The first-order valence-electron chi connectivity index (χ1n) is 10.9. The van der Waals surface area contributed by atoms with Crippen molar-refractivity contribution in [1.29, 1.82) is 5.26 Å². The lowest BCUT2D eigenvalue weighted by Crippen LogP contribution is -2.08. The molecule has 34 heavy (non-hydrogen) atoms. The summed E-state index contributed by atoms with van der Waals surface area (Å²) in [5.41, 5.74) is 3.50. The van der Waals surface area contributed by atoms with Crippen LogP contribution in [0, 0.1) is 18.3 Å². The molecule has 0 radical (unpaired) electrons. The Balaban J connectivity index is 1.49. The number of hydrogen-bond acceptors (Lipinski definition) is 7. The number of hydrogen-bond donors (Lipinski definition) is 0. The van der Waals surface area contributed by atoms with Crippen molar-refractivity contribution in [1.82, 2.24) is 9.97 Å². The van der Waals surface area contributed by atoms with Gasteiger partial charge in [0.15, 0.2) is 0 Å². The molecule has 0 amide bonds. The topological polar surface area (TPSA) is 98.2 Å². The second-order valence-electron chi connectivity index (χ2n) is 7.43. The van der Waals surface area contributed by atoms with Gasteiger partial charge in [-0.1, -0.05) is 18.2 Å². The van der Waals surface area contributed by atoms with Gasteiger partial charge in [0, 0.05) is 23.7 Å². The fraction of sp³-hybridized carbons (Fsp3) is 0.185. The number of carbonyl (C=O) groups is 1. The average molecular weight is 453 g/mol. The van der Waals surface area contributed by atoms with Crippen molar-refractivity contribution in [3.05, 3.63) is 89.4 Å². The number of aryl methyl sites for hydroxylation is 1. The van der Waals surface area contributed by atoms with Gasteiger partial charge < -0.3 is 13.9 Å². The fourth-order valence-corrected chi connectivity index (χ4v) is 3.52. The molecular formula is C27H23N3O4. The third-order valence-corrected chi connectivity index (χ3v) is 5.19. The van der Waals surface area contributed by atoms with Crippen LogP contribution < -0.4 is 4.74 Å². The monoisotopic (exact) mass is 453 g/mol. The predicted molar refractivity (Wildman–Crippen MR) is 126 cm³/mol. The third kappa shape index (κ3) is 4.97. The summed E-state index contributed by atoms with van der Waals surface area (Å²) in [4.78, 5) is 21.2. The van der Waals surface area contributed by atoms with Crippen molar-refractivity contribution in [2.75, 3.05) is 13.2 Å². The van der Waals surface area contributed by atoms with Crippen molar-refractivity contribution in [2.24, 2.45) is 0 Å². The quantitative estimate of drug-likeness (QED) is 0.330. The van der Waals surface area contributed by atoms with Gasteiger partial charge in [-0.15, -0.1) is 0 Å². The van der Waals surface area contributed by atoms with Crippen LogP contribution in [0.2, 0.25) is 0 Å². The molecule has 2 aromatic carbocycles. The smallest absolute Gasteiger partial charge is 0.340 e. The maximum Gasteiger partial charge on any atom is 0.340 e. The summed E-state index contributed by atoms with van der Waals surface area (Å²) in [6.45, 7) is 4.21. The summed E-state index contributed by atoms with van der Waals surface area (Å²) in [5, 5.41) is 9.67. The zero-order valence-corrected chi connectivity index (χ0v) is 18.9. The lowest BCUT2D eigenvalue weighted by Gasteiger charge is -2.11. The van der Waals surface area contributed by atoms with E-state index in [4.69, 9.17) is 13.9 Å². The van der Waals surface area contributed by atoms with Crippen molar-refractivity contribution in [3.8, 4) is 34.5 Å². The Bertz CT molecular complexity index is 1340. The lowest BCUT2D eigenvalue weighted by atomic mass is 10.0. The maximum atomic E-state index is 12.3. The molecule has 0 atom stereocenters. The van der Waals surface area contributed by atoms with Gasteiger partial charge in [0.05, 0.1) is 35.7 Å². The van der Waals surface area contributed by atoms with Gasteiger partial charge >= 0.3 is 5.97 Å². The van der Waals surface area contributed by atoms with Crippen molar-refractivity contribution < 1.29 is 18.7 Å². The molecule has 2 heterocycles. The highest BCUT2D eigenvalue weighted by Gasteiger charge is 2.17. The Labute approximate surface area is 197 Å². The van der Waals surface area contributed by atoms with E-state index in [0.717, 1.165) is 17.0 Å². The minimum Gasteiger partial charge on any atom is -0.492 e. The van der Waals surface area contributed by atoms with Gasteiger partial charge in [0.1, 0.15) is 17.6 Å². The maximum absolute atomic E-state index is 12.3. The highest BCUT2D eigenvalue weighted by molar-refractivity contribution is 5.96. The highest BCUT2D eigenvalue weighted by atomic mass is 16.5. The van der Waals surface area contributed by atoms with Crippen molar-refractivity contribution >= 4 is 5.97 Å². The predicted octanol–water partition coefficient (Wildman–Crippen LogP) is 5.38. The van der Waals surface area contributed by atoms with Crippen LogP contribution in [0.3, 0.4) is 0 Å². The molecule has 0 saturated carbocycles. The van der Waals surface area contributed by atoms with Gasteiger partial charge in [0.2, 0.25) is 5.89 Å². The Hall–Kier alpha value is -4.44. The van der Waals surface area contributed by atoms with E-state index < -0.39 is 5.97 Å². The van der Waals surface area contributed by atoms with Gasteiger partial charge in [-0.25, -0.2) is 9.78 Å². The number of oxazole rings is 1. The molecule has 0 saturated heterocycles. The third-order valence-electron chi connectivity index (χ3n) is 5.19. The summed E-state index contributed by atoms with van der Waals surface area (Å²) in [6, 6.07) is 20.3. The second-order valence-corrected chi connectivity index (χ2v) is 7.43. The molecule has 0 aliphatic heterocycles. The first-order valence-corrected chi connectivity index (χ1v) is 10.9. The van der Waals surface area contributed by atoms with E-state index in [9.17, 15) is 10.1 Å². The van der Waals surface area contributed by atoms with E-state index in [-0.39, 0.29) is 6.61 Å². The van der Waals surface area contributed by atoms with Gasteiger partial charge in [0.25, 0.3) is 0 Å². The molecule has 0 fully saturated rings. The largest absolute Gasteiger partial charge is 0.492 e. The van der Waals surface area contributed by atoms with Gasteiger partial charge in [-0.2, -0.15) is 5.26 Å². The number of pyridine rings is 1. The standard InChI is InChI=1S/C27H23N3O4/c1-3-32-27(31)22-10-7-14-29-25(22)20-11-12-24(21(16-20)17-28)33-15-13-23-18(2)34-26(30-23)19-8-5-4-6-9-19/h4-12,14,16H,3,13,15H2,1-2H3. The van der Waals surface area contributed by atoms with Crippen LogP contribution in [0.5, 0.6) is 5.75 Å². The van der Waals surface area contributed by atoms with Gasteiger partial charge in [-0.05, 0) is 56.3 Å². The second kappa shape index (κ2) is 10.5. The molecule has 2 aromatic heterocycles. The van der Waals surface area contributed by atoms with E-state index in [1.165, 1.54) is 0 Å².